The van der Waals surface area contributed by atoms with Crippen LogP contribution >= 0.6 is 12.4 Å². The number of hydrogen-bond donors (Lipinski definition) is 2. The summed E-state index contributed by atoms with van der Waals surface area (Å²) in [6, 6.07) is 9.79. The van der Waals surface area contributed by atoms with Gasteiger partial charge in [0.05, 0.1) is 13.1 Å². The Balaban J connectivity index is 0.00000200. The minimum Gasteiger partial charge on any atom is -0.492 e. The van der Waals surface area contributed by atoms with Gasteiger partial charge in [0.15, 0.2) is 0 Å². The Labute approximate surface area is 125 Å². The molecule has 1 saturated heterocycles. The van der Waals surface area contributed by atoms with E-state index in [9.17, 15) is 4.79 Å². The van der Waals surface area contributed by atoms with Crippen LogP contribution in [0.3, 0.4) is 0 Å². The van der Waals surface area contributed by atoms with Crippen molar-refractivity contribution < 1.29 is 9.53 Å². The molecule has 0 aliphatic carbocycles. The van der Waals surface area contributed by atoms with E-state index in [0.29, 0.717) is 19.7 Å². The minimum atomic E-state index is 0. The summed E-state index contributed by atoms with van der Waals surface area (Å²) >= 11 is 0. The summed E-state index contributed by atoms with van der Waals surface area (Å²) in [7, 11) is 0. The Morgan fingerprint density at radius 2 is 2.15 bits per heavy atom. The molecule has 1 atom stereocenters. The number of halogens is 1. The summed E-state index contributed by atoms with van der Waals surface area (Å²) in [5, 5.41) is 2.85. The first kappa shape index (κ1) is 16.8. The summed E-state index contributed by atoms with van der Waals surface area (Å²) in [6.07, 6.45) is 0.977. The number of nitrogens with zero attached hydrogens (tertiary/aromatic N) is 1. The first-order chi connectivity index (χ1) is 9.24. The molecule has 1 amide bonds. The lowest BCUT2D eigenvalue weighted by Crippen LogP contribution is -2.38. The van der Waals surface area contributed by atoms with E-state index in [0.717, 1.165) is 25.3 Å². The second kappa shape index (κ2) is 8.79. The largest absolute Gasteiger partial charge is 0.492 e. The monoisotopic (exact) mass is 299 g/mol. The van der Waals surface area contributed by atoms with E-state index < -0.39 is 0 Å². The molecule has 1 aliphatic rings. The highest BCUT2D eigenvalue weighted by Gasteiger charge is 2.20. The highest BCUT2D eigenvalue weighted by atomic mass is 35.5. The standard InChI is InChI=1S/C14H21N3O2.ClH/c15-12-6-8-17(10-12)11-14(18)16-7-9-19-13-4-2-1-3-5-13;/h1-5,12H,6-11,15H2,(H,16,18);1H/t12-;/m1./s1. The summed E-state index contributed by atoms with van der Waals surface area (Å²) < 4.78 is 5.50. The number of hydrogen-bond acceptors (Lipinski definition) is 4. The van der Waals surface area contributed by atoms with Crippen LogP contribution in [0, 0.1) is 0 Å². The topological polar surface area (TPSA) is 67.6 Å². The number of rotatable bonds is 6. The zero-order valence-electron chi connectivity index (χ0n) is 11.5. The third-order valence-electron chi connectivity index (χ3n) is 3.11. The van der Waals surface area contributed by atoms with Gasteiger partial charge in [0.1, 0.15) is 12.4 Å². The van der Waals surface area contributed by atoms with Gasteiger partial charge < -0.3 is 15.8 Å². The molecule has 6 heteroatoms. The van der Waals surface area contributed by atoms with Crippen molar-refractivity contribution in [1.82, 2.24) is 10.2 Å². The van der Waals surface area contributed by atoms with E-state index in [1.165, 1.54) is 0 Å². The van der Waals surface area contributed by atoms with Gasteiger partial charge in [-0.25, -0.2) is 0 Å². The van der Waals surface area contributed by atoms with Crippen molar-refractivity contribution in [1.29, 1.82) is 0 Å². The first-order valence-electron chi connectivity index (χ1n) is 6.66. The van der Waals surface area contributed by atoms with Crippen molar-refractivity contribution in [3.63, 3.8) is 0 Å². The predicted molar refractivity (Wildman–Crippen MR) is 81.2 cm³/mol. The zero-order chi connectivity index (χ0) is 13.5. The molecule has 1 aromatic rings. The van der Waals surface area contributed by atoms with Gasteiger partial charge in [-0.15, -0.1) is 12.4 Å². The second-order valence-corrected chi connectivity index (χ2v) is 4.80. The Kier molecular flexibility index (Phi) is 7.36. The van der Waals surface area contributed by atoms with Crippen LogP contribution in [0.4, 0.5) is 0 Å². The van der Waals surface area contributed by atoms with Gasteiger partial charge in [-0.05, 0) is 18.6 Å². The smallest absolute Gasteiger partial charge is 0.234 e. The lowest BCUT2D eigenvalue weighted by Gasteiger charge is -2.14. The number of carbonyl (C=O) groups is 1. The Bertz CT molecular complexity index is 403. The van der Waals surface area contributed by atoms with E-state index in [2.05, 4.69) is 10.2 Å². The lowest BCUT2D eigenvalue weighted by atomic mass is 10.3. The number of nitrogens with two attached hydrogens (primary N) is 1. The highest BCUT2D eigenvalue weighted by Crippen LogP contribution is 2.07. The number of carbonyl (C=O) groups excluding carboxylic acids is 1. The maximum Gasteiger partial charge on any atom is 0.234 e. The van der Waals surface area contributed by atoms with Gasteiger partial charge in [-0.1, -0.05) is 18.2 Å². The van der Waals surface area contributed by atoms with Crippen LogP contribution in [0.25, 0.3) is 0 Å². The molecule has 0 spiro atoms. The molecule has 0 bridgehead atoms. The quantitative estimate of drug-likeness (QED) is 0.756. The summed E-state index contributed by atoms with van der Waals surface area (Å²) in [6.45, 7) is 3.16. The Morgan fingerprint density at radius 1 is 1.40 bits per heavy atom. The second-order valence-electron chi connectivity index (χ2n) is 4.80. The number of likely N-dealkylation sites (tertiary alicyclic amines) is 1. The molecule has 0 unspecified atom stereocenters. The van der Waals surface area contributed by atoms with Crippen molar-refractivity contribution in [2.45, 2.75) is 12.5 Å². The van der Waals surface area contributed by atoms with Crippen LogP contribution in [0.5, 0.6) is 5.75 Å². The highest BCUT2D eigenvalue weighted by molar-refractivity contribution is 5.85. The molecule has 2 rings (SSSR count). The van der Waals surface area contributed by atoms with E-state index >= 15 is 0 Å². The Hall–Kier alpha value is -1.30. The molecular weight excluding hydrogens is 278 g/mol. The van der Waals surface area contributed by atoms with Crippen LogP contribution in [-0.4, -0.2) is 49.6 Å². The van der Waals surface area contributed by atoms with Crippen molar-refractivity contribution in [2.75, 3.05) is 32.8 Å². The van der Waals surface area contributed by atoms with Gasteiger partial charge >= 0.3 is 0 Å². The normalized spacial score (nSPS) is 18.4. The summed E-state index contributed by atoms with van der Waals surface area (Å²) in [5.41, 5.74) is 5.79. The van der Waals surface area contributed by atoms with Crippen molar-refractivity contribution in [3.05, 3.63) is 30.3 Å². The molecule has 20 heavy (non-hydrogen) atoms. The molecule has 1 fully saturated rings. The van der Waals surface area contributed by atoms with Crippen LogP contribution in [0.2, 0.25) is 0 Å². The van der Waals surface area contributed by atoms with E-state index in [4.69, 9.17) is 10.5 Å². The summed E-state index contributed by atoms with van der Waals surface area (Å²) in [5.74, 6) is 0.855. The maximum atomic E-state index is 11.7. The molecule has 0 saturated carbocycles. The SMILES string of the molecule is Cl.N[C@@H]1CCN(CC(=O)NCCOc2ccccc2)C1. The van der Waals surface area contributed by atoms with Crippen molar-refractivity contribution >= 4 is 18.3 Å². The lowest BCUT2D eigenvalue weighted by molar-refractivity contribution is -0.122. The first-order valence-corrected chi connectivity index (χ1v) is 6.66. The Morgan fingerprint density at radius 3 is 2.80 bits per heavy atom. The molecule has 5 nitrogen and oxygen atoms in total. The van der Waals surface area contributed by atoms with Crippen LogP contribution in [-0.2, 0) is 4.79 Å². The number of amides is 1. The predicted octanol–water partition coefficient (Wildman–Crippen LogP) is 0.636. The molecular formula is C14H22ClN3O2. The van der Waals surface area contributed by atoms with Crippen LogP contribution < -0.4 is 15.8 Å². The summed E-state index contributed by atoms with van der Waals surface area (Å²) in [4.78, 5) is 13.7. The third-order valence-corrected chi connectivity index (χ3v) is 3.11. The van der Waals surface area contributed by atoms with Gasteiger partial charge in [0, 0.05) is 19.1 Å². The van der Waals surface area contributed by atoms with E-state index in [-0.39, 0.29) is 24.4 Å². The maximum absolute atomic E-state index is 11.7. The number of benzene rings is 1. The number of ether oxygens (including phenoxy) is 1. The molecule has 3 N–H and O–H groups in total. The zero-order valence-corrected chi connectivity index (χ0v) is 12.3. The number of nitrogens with one attached hydrogen (secondary N) is 1. The van der Waals surface area contributed by atoms with Gasteiger partial charge in [0.25, 0.3) is 0 Å². The average Bonchev–Trinajstić information content (AvgIpc) is 2.81. The van der Waals surface area contributed by atoms with E-state index in [1.807, 2.05) is 30.3 Å². The fraction of sp³-hybridized carbons (Fsp3) is 0.500. The fourth-order valence-electron chi connectivity index (χ4n) is 2.14. The van der Waals surface area contributed by atoms with Gasteiger partial charge in [-0.3, -0.25) is 9.69 Å². The molecule has 0 radical (unpaired) electrons. The third kappa shape index (κ3) is 5.77. The fourth-order valence-corrected chi connectivity index (χ4v) is 2.14. The molecule has 1 aliphatic heterocycles. The van der Waals surface area contributed by atoms with Crippen molar-refractivity contribution in [3.8, 4) is 5.75 Å². The minimum absolute atomic E-state index is 0. The van der Waals surface area contributed by atoms with Crippen LogP contribution in [0.1, 0.15) is 6.42 Å². The van der Waals surface area contributed by atoms with Gasteiger partial charge in [-0.2, -0.15) is 0 Å². The molecule has 1 heterocycles. The molecule has 0 aromatic heterocycles. The molecule has 1 aromatic carbocycles. The van der Waals surface area contributed by atoms with Crippen LogP contribution in [0.15, 0.2) is 30.3 Å². The van der Waals surface area contributed by atoms with Crippen molar-refractivity contribution in [2.24, 2.45) is 5.73 Å². The molecule has 112 valence electrons. The van der Waals surface area contributed by atoms with E-state index in [1.54, 1.807) is 0 Å². The van der Waals surface area contributed by atoms with Gasteiger partial charge in [0.2, 0.25) is 5.91 Å². The average molecular weight is 300 g/mol. The number of para-hydroxylation sites is 1.